The SMILES string of the molecule is CCn1nccc1C(=O)N[C@H](C(=O)OC)C1CCCC1. The Labute approximate surface area is 118 Å². The molecule has 110 valence electrons. The van der Waals surface area contributed by atoms with Crippen molar-refractivity contribution in [2.24, 2.45) is 5.92 Å². The summed E-state index contributed by atoms with van der Waals surface area (Å²) < 4.78 is 6.43. The van der Waals surface area contributed by atoms with Crippen molar-refractivity contribution in [3.63, 3.8) is 0 Å². The number of aryl methyl sites for hydroxylation is 1. The van der Waals surface area contributed by atoms with Crippen molar-refractivity contribution in [3.8, 4) is 0 Å². The molecule has 1 aromatic heterocycles. The third kappa shape index (κ3) is 3.00. The van der Waals surface area contributed by atoms with Crippen LogP contribution in [-0.2, 0) is 16.1 Å². The Hall–Kier alpha value is -1.85. The van der Waals surface area contributed by atoms with Gasteiger partial charge in [-0.05, 0) is 31.7 Å². The Kier molecular flexibility index (Phi) is 4.76. The van der Waals surface area contributed by atoms with Gasteiger partial charge in [-0.3, -0.25) is 9.48 Å². The van der Waals surface area contributed by atoms with Crippen LogP contribution >= 0.6 is 0 Å². The van der Waals surface area contributed by atoms with Crippen LogP contribution in [0.3, 0.4) is 0 Å². The summed E-state index contributed by atoms with van der Waals surface area (Å²) in [6.07, 6.45) is 5.68. The molecule has 1 N–H and O–H groups in total. The Morgan fingerprint density at radius 1 is 1.50 bits per heavy atom. The number of hydrogen-bond donors (Lipinski definition) is 1. The lowest BCUT2D eigenvalue weighted by atomic mass is 9.98. The van der Waals surface area contributed by atoms with Gasteiger partial charge in [-0.1, -0.05) is 12.8 Å². The third-order valence-electron chi connectivity index (χ3n) is 3.86. The molecule has 20 heavy (non-hydrogen) atoms. The van der Waals surface area contributed by atoms with Crippen molar-refractivity contribution < 1.29 is 14.3 Å². The quantitative estimate of drug-likeness (QED) is 0.826. The van der Waals surface area contributed by atoms with Crippen molar-refractivity contribution in [2.45, 2.75) is 45.2 Å². The van der Waals surface area contributed by atoms with E-state index in [9.17, 15) is 9.59 Å². The molecule has 1 aliphatic carbocycles. The molecule has 1 heterocycles. The van der Waals surface area contributed by atoms with E-state index < -0.39 is 6.04 Å². The summed E-state index contributed by atoms with van der Waals surface area (Å²) in [6.45, 7) is 2.53. The van der Waals surface area contributed by atoms with E-state index in [-0.39, 0.29) is 17.8 Å². The number of aromatic nitrogens is 2. The number of rotatable bonds is 5. The summed E-state index contributed by atoms with van der Waals surface area (Å²) in [6, 6.07) is 1.09. The molecule has 0 radical (unpaired) electrons. The van der Waals surface area contributed by atoms with E-state index in [1.807, 2.05) is 6.92 Å². The molecule has 0 aliphatic heterocycles. The number of methoxy groups -OCH3 is 1. The van der Waals surface area contributed by atoms with Gasteiger partial charge in [0.1, 0.15) is 11.7 Å². The van der Waals surface area contributed by atoms with Gasteiger partial charge in [0.05, 0.1) is 7.11 Å². The van der Waals surface area contributed by atoms with Crippen LogP contribution in [0, 0.1) is 5.92 Å². The van der Waals surface area contributed by atoms with Crippen molar-refractivity contribution in [1.82, 2.24) is 15.1 Å². The predicted octanol–water partition coefficient (Wildman–Crippen LogP) is 1.36. The standard InChI is InChI=1S/C14H21N3O3/c1-3-17-11(8-9-15-17)13(18)16-12(14(19)20-2)10-6-4-5-7-10/h8-10,12H,3-7H2,1-2H3,(H,16,18)/t12-/m0/s1. The Bertz CT molecular complexity index is 478. The molecule has 0 aromatic carbocycles. The second-order valence-corrected chi connectivity index (χ2v) is 5.05. The maximum Gasteiger partial charge on any atom is 0.328 e. The number of esters is 1. The molecule has 1 fully saturated rings. The maximum absolute atomic E-state index is 12.3. The van der Waals surface area contributed by atoms with E-state index in [0.29, 0.717) is 12.2 Å². The average Bonchev–Trinajstić information content (AvgIpc) is 3.13. The van der Waals surface area contributed by atoms with E-state index >= 15 is 0 Å². The molecule has 0 spiro atoms. The van der Waals surface area contributed by atoms with Crippen LogP contribution in [0.4, 0.5) is 0 Å². The van der Waals surface area contributed by atoms with Gasteiger partial charge in [-0.25, -0.2) is 4.79 Å². The first-order valence-corrected chi connectivity index (χ1v) is 7.07. The maximum atomic E-state index is 12.3. The molecule has 1 atom stereocenters. The van der Waals surface area contributed by atoms with E-state index in [4.69, 9.17) is 4.74 Å². The summed E-state index contributed by atoms with van der Waals surface area (Å²) in [5.74, 6) is -0.469. The van der Waals surface area contributed by atoms with Crippen LogP contribution in [0.5, 0.6) is 0 Å². The number of carbonyl (C=O) groups is 2. The lowest BCUT2D eigenvalue weighted by molar-refractivity contribution is -0.144. The molecule has 6 nitrogen and oxygen atoms in total. The van der Waals surface area contributed by atoms with E-state index in [1.54, 1.807) is 16.9 Å². The van der Waals surface area contributed by atoms with Gasteiger partial charge in [0.15, 0.2) is 0 Å². The monoisotopic (exact) mass is 279 g/mol. The number of nitrogens with one attached hydrogen (secondary N) is 1. The van der Waals surface area contributed by atoms with Crippen LogP contribution in [0.2, 0.25) is 0 Å². The van der Waals surface area contributed by atoms with Crippen LogP contribution < -0.4 is 5.32 Å². The number of nitrogens with zero attached hydrogens (tertiary/aromatic N) is 2. The van der Waals surface area contributed by atoms with E-state index in [2.05, 4.69) is 10.4 Å². The minimum absolute atomic E-state index is 0.171. The first kappa shape index (κ1) is 14.6. The Morgan fingerprint density at radius 2 is 2.20 bits per heavy atom. The lowest BCUT2D eigenvalue weighted by Gasteiger charge is -2.22. The van der Waals surface area contributed by atoms with Gasteiger partial charge in [0, 0.05) is 12.7 Å². The fourth-order valence-corrected chi connectivity index (χ4v) is 2.78. The summed E-state index contributed by atoms with van der Waals surface area (Å²) in [5, 5.41) is 6.88. The number of hydrogen-bond acceptors (Lipinski definition) is 4. The van der Waals surface area contributed by atoms with Crippen LogP contribution in [0.1, 0.15) is 43.1 Å². The normalized spacial score (nSPS) is 16.9. The van der Waals surface area contributed by atoms with Crippen molar-refractivity contribution in [2.75, 3.05) is 7.11 Å². The second kappa shape index (κ2) is 6.54. The molecule has 1 amide bonds. The van der Waals surface area contributed by atoms with E-state index in [0.717, 1.165) is 25.7 Å². The zero-order chi connectivity index (χ0) is 14.5. The molecule has 2 rings (SSSR count). The highest BCUT2D eigenvalue weighted by molar-refractivity contribution is 5.95. The Balaban J connectivity index is 2.11. The van der Waals surface area contributed by atoms with Gasteiger partial charge >= 0.3 is 5.97 Å². The zero-order valence-corrected chi connectivity index (χ0v) is 12.0. The lowest BCUT2D eigenvalue weighted by Crippen LogP contribution is -2.46. The summed E-state index contributed by atoms with van der Waals surface area (Å²) in [4.78, 5) is 24.2. The predicted molar refractivity (Wildman–Crippen MR) is 73.1 cm³/mol. The first-order chi connectivity index (χ1) is 9.67. The molecule has 0 bridgehead atoms. The first-order valence-electron chi connectivity index (χ1n) is 7.07. The summed E-state index contributed by atoms with van der Waals surface area (Å²) in [7, 11) is 1.35. The molecule has 6 heteroatoms. The van der Waals surface area contributed by atoms with Crippen molar-refractivity contribution >= 4 is 11.9 Å². The minimum Gasteiger partial charge on any atom is -0.467 e. The largest absolute Gasteiger partial charge is 0.467 e. The highest BCUT2D eigenvalue weighted by Gasteiger charge is 2.33. The smallest absolute Gasteiger partial charge is 0.328 e. The summed E-state index contributed by atoms with van der Waals surface area (Å²) in [5.41, 5.74) is 0.472. The molecule has 1 aromatic rings. The van der Waals surface area contributed by atoms with Crippen molar-refractivity contribution in [1.29, 1.82) is 0 Å². The van der Waals surface area contributed by atoms with E-state index in [1.165, 1.54) is 7.11 Å². The molecule has 0 unspecified atom stereocenters. The van der Waals surface area contributed by atoms with Crippen LogP contribution in [-0.4, -0.2) is 34.8 Å². The number of amides is 1. The van der Waals surface area contributed by atoms with Crippen LogP contribution in [0.15, 0.2) is 12.3 Å². The van der Waals surface area contributed by atoms with Gasteiger partial charge in [0.25, 0.3) is 5.91 Å². The molecule has 1 aliphatic rings. The molecule has 1 saturated carbocycles. The number of ether oxygens (including phenoxy) is 1. The Morgan fingerprint density at radius 3 is 2.80 bits per heavy atom. The molecular formula is C14H21N3O3. The highest BCUT2D eigenvalue weighted by Crippen LogP contribution is 2.28. The van der Waals surface area contributed by atoms with Crippen LogP contribution in [0.25, 0.3) is 0 Å². The fraction of sp³-hybridized carbons (Fsp3) is 0.643. The van der Waals surface area contributed by atoms with Gasteiger partial charge in [-0.15, -0.1) is 0 Å². The average molecular weight is 279 g/mol. The number of carbonyl (C=O) groups excluding carboxylic acids is 2. The zero-order valence-electron chi connectivity index (χ0n) is 12.0. The third-order valence-corrected chi connectivity index (χ3v) is 3.86. The van der Waals surface area contributed by atoms with Gasteiger partial charge < -0.3 is 10.1 Å². The van der Waals surface area contributed by atoms with Gasteiger partial charge in [-0.2, -0.15) is 5.10 Å². The topological polar surface area (TPSA) is 73.2 Å². The second-order valence-electron chi connectivity index (χ2n) is 5.05. The summed E-state index contributed by atoms with van der Waals surface area (Å²) >= 11 is 0. The molecule has 0 saturated heterocycles. The fourth-order valence-electron chi connectivity index (χ4n) is 2.78. The molecular weight excluding hydrogens is 258 g/mol. The minimum atomic E-state index is -0.560. The van der Waals surface area contributed by atoms with Crippen molar-refractivity contribution in [3.05, 3.63) is 18.0 Å². The highest BCUT2D eigenvalue weighted by atomic mass is 16.5. The van der Waals surface area contributed by atoms with Gasteiger partial charge in [0.2, 0.25) is 0 Å².